The highest BCUT2D eigenvalue weighted by Gasteiger charge is 2.19. The van der Waals surface area contributed by atoms with E-state index in [1.807, 2.05) is 44.2 Å². The van der Waals surface area contributed by atoms with Crippen LogP contribution < -0.4 is 0 Å². The SMILES string of the molecule is Cc1ccc(CN(Cc2cccc(O)c2)C(=Nc2ccccc2[N+](=O)[O-])Sc2ccc(C)cc2)cc1. The molecule has 0 aliphatic heterocycles. The quantitative estimate of drug-likeness (QED) is 0.0946. The van der Waals surface area contributed by atoms with Crippen molar-refractivity contribution in [3.63, 3.8) is 0 Å². The molecule has 4 rings (SSSR count). The molecule has 6 nitrogen and oxygen atoms in total. The van der Waals surface area contributed by atoms with Gasteiger partial charge in [0.15, 0.2) is 5.17 Å². The second-order valence-electron chi connectivity index (χ2n) is 8.57. The van der Waals surface area contributed by atoms with Gasteiger partial charge in [-0.15, -0.1) is 0 Å². The zero-order valence-corrected chi connectivity index (χ0v) is 21.0. The van der Waals surface area contributed by atoms with Crippen LogP contribution in [0.4, 0.5) is 11.4 Å². The molecule has 0 aliphatic carbocycles. The van der Waals surface area contributed by atoms with Gasteiger partial charge in [-0.05, 0) is 55.3 Å². The van der Waals surface area contributed by atoms with Crippen molar-refractivity contribution < 1.29 is 10.0 Å². The molecule has 0 heterocycles. The first-order valence-corrected chi connectivity index (χ1v) is 12.3. The van der Waals surface area contributed by atoms with Gasteiger partial charge in [0.1, 0.15) is 11.4 Å². The number of nitro benzene ring substituents is 1. The summed E-state index contributed by atoms with van der Waals surface area (Å²) < 4.78 is 0. The van der Waals surface area contributed by atoms with Crippen molar-refractivity contribution in [2.24, 2.45) is 4.99 Å². The Balaban J connectivity index is 1.81. The number of nitro groups is 1. The fourth-order valence-electron chi connectivity index (χ4n) is 3.67. The highest BCUT2D eigenvalue weighted by molar-refractivity contribution is 8.13. The van der Waals surface area contributed by atoms with E-state index in [-0.39, 0.29) is 11.4 Å². The minimum atomic E-state index is -0.410. The van der Waals surface area contributed by atoms with Crippen LogP contribution in [0.1, 0.15) is 22.3 Å². The molecule has 0 saturated heterocycles. The van der Waals surface area contributed by atoms with Crippen LogP contribution in [0.25, 0.3) is 0 Å². The topological polar surface area (TPSA) is 79.0 Å². The molecular formula is C29H27N3O3S. The van der Waals surface area contributed by atoms with E-state index in [4.69, 9.17) is 4.99 Å². The Bertz CT molecular complexity index is 1370. The molecule has 4 aromatic rings. The van der Waals surface area contributed by atoms with E-state index in [1.54, 1.807) is 36.4 Å². The second kappa shape index (κ2) is 11.6. The van der Waals surface area contributed by atoms with Gasteiger partial charge in [-0.25, -0.2) is 4.99 Å². The normalized spacial score (nSPS) is 11.3. The van der Waals surface area contributed by atoms with Gasteiger partial charge in [-0.1, -0.05) is 83.6 Å². The number of amidine groups is 1. The van der Waals surface area contributed by atoms with Crippen LogP contribution >= 0.6 is 11.8 Å². The minimum absolute atomic E-state index is 0.0489. The van der Waals surface area contributed by atoms with E-state index in [9.17, 15) is 15.2 Å². The number of nitrogens with zero attached hydrogens (tertiary/aromatic N) is 3. The number of para-hydroxylation sites is 2. The van der Waals surface area contributed by atoms with Crippen LogP contribution in [0.5, 0.6) is 5.75 Å². The van der Waals surface area contributed by atoms with E-state index in [0.29, 0.717) is 23.9 Å². The first-order valence-electron chi connectivity index (χ1n) is 11.5. The third-order valence-electron chi connectivity index (χ3n) is 5.57. The van der Waals surface area contributed by atoms with E-state index >= 15 is 0 Å². The molecule has 36 heavy (non-hydrogen) atoms. The second-order valence-corrected chi connectivity index (χ2v) is 9.61. The van der Waals surface area contributed by atoms with Gasteiger partial charge in [-0.2, -0.15) is 0 Å². The number of rotatable bonds is 7. The Morgan fingerprint density at radius 2 is 1.50 bits per heavy atom. The predicted octanol–water partition coefficient (Wildman–Crippen LogP) is 7.40. The molecule has 4 aromatic carbocycles. The maximum atomic E-state index is 11.7. The molecule has 0 spiro atoms. The van der Waals surface area contributed by atoms with Gasteiger partial charge < -0.3 is 10.0 Å². The number of aryl methyl sites for hydroxylation is 2. The molecule has 0 atom stereocenters. The summed E-state index contributed by atoms with van der Waals surface area (Å²) in [6.07, 6.45) is 0. The van der Waals surface area contributed by atoms with Crippen molar-refractivity contribution >= 4 is 28.3 Å². The standard InChI is InChI=1S/C29H27N3O3S/c1-21-10-14-23(15-11-21)19-31(20-24-6-5-7-25(33)18-24)29(36-26-16-12-22(2)13-17-26)30-27-8-3-4-9-28(27)32(34)35/h3-18,33H,19-20H2,1-2H3. The Morgan fingerprint density at radius 3 is 2.17 bits per heavy atom. The summed E-state index contributed by atoms with van der Waals surface area (Å²) in [7, 11) is 0. The van der Waals surface area contributed by atoms with Crippen LogP contribution in [0, 0.1) is 24.0 Å². The van der Waals surface area contributed by atoms with Crippen LogP contribution in [0.15, 0.2) is 107 Å². The lowest BCUT2D eigenvalue weighted by Gasteiger charge is -2.26. The number of thioether (sulfide) groups is 1. The maximum Gasteiger partial charge on any atom is 0.294 e. The van der Waals surface area contributed by atoms with Crippen molar-refractivity contribution in [3.05, 3.63) is 129 Å². The molecule has 0 aliphatic rings. The molecule has 1 N–H and O–H groups in total. The van der Waals surface area contributed by atoms with Crippen LogP contribution in [0.2, 0.25) is 0 Å². The molecule has 0 radical (unpaired) electrons. The summed E-state index contributed by atoms with van der Waals surface area (Å²) in [5.41, 5.74) is 4.55. The Hall–Kier alpha value is -4.10. The fourth-order valence-corrected chi connectivity index (χ4v) is 4.55. The zero-order valence-electron chi connectivity index (χ0n) is 20.2. The molecule has 0 aromatic heterocycles. The summed E-state index contributed by atoms with van der Waals surface area (Å²) >= 11 is 1.46. The van der Waals surface area contributed by atoms with Crippen molar-refractivity contribution in [1.29, 1.82) is 0 Å². The van der Waals surface area contributed by atoms with Gasteiger partial charge in [0.25, 0.3) is 5.69 Å². The van der Waals surface area contributed by atoms with Gasteiger partial charge in [0.05, 0.1) is 4.92 Å². The van der Waals surface area contributed by atoms with Crippen molar-refractivity contribution in [2.75, 3.05) is 0 Å². The van der Waals surface area contributed by atoms with Crippen LogP contribution in [-0.4, -0.2) is 20.1 Å². The monoisotopic (exact) mass is 497 g/mol. The Morgan fingerprint density at radius 1 is 0.861 bits per heavy atom. The average Bonchev–Trinajstić information content (AvgIpc) is 2.86. The predicted molar refractivity (Wildman–Crippen MR) is 146 cm³/mol. The Kier molecular flexibility index (Phi) is 8.02. The molecule has 182 valence electrons. The lowest BCUT2D eigenvalue weighted by molar-refractivity contribution is -0.384. The molecule has 0 fully saturated rings. The third kappa shape index (κ3) is 6.73. The van der Waals surface area contributed by atoms with Gasteiger partial charge in [0, 0.05) is 24.1 Å². The Labute approximate surface area is 215 Å². The number of aromatic hydroxyl groups is 1. The number of phenolic OH excluding ortho intramolecular Hbond substituents is 1. The summed E-state index contributed by atoms with van der Waals surface area (Å²) in [6.45, 7) is 5.07. The van der Waals surface area contributed by atoms with E-state index in [0.717, 1.165) is 21.6 Å². The first-order chi connectivity index (χ1) is 17.4. The van der Waals surface area contributed by atoms with E-state index in [1.165, 1.54) is 23.4 Å². The van der Waals surface area contributed by atoms with Crippen molar-refractivity contribution in [1.82, 2.24) is 4.90 Å². The molecule has 0 bridgehead atoms. The lowest BCUT2D eigenvalue weighted by Crippen LogP contribution is -2.28. The number of benzene rings is 4. The smallest absolute Gasteiger partial charge is 0.294 e. The summed E-state index contributed by atoms with van der Waals surface area (Å²) in [5, 5.41) is 22.4. The molecule has 0 unspecified atom stereocenters. The highest BCUT2D eigenvalue weighted by Crippen LogP contribution is 2.32. The molecule has 7 heteroatoms. The van der Waals surface area contributed by atoms with E-state index in [2.05, 4.69) is 29.2 Å². The lowest BCUT2D eigenvalue weighted by atomic mass is 10.1. The minimum Gasteiger partial charge on any atom is -0.508 e. The number of aliphatic imine (C=N–C) groups is 1. The zero-order chi connectivity index (χ0) is 25.5. The average molecular weight is 498 g/mol. The van der Waals surface area contributed by atoms with Crippen LogP contribution in [0.3, 0.4) is 0 Å². The first kappa shape index (κ1) is 25.0. The summed E-state index contributed by atoms with van der Waals surface area (Å²) in [5.74, 6) is 0.186. The molecular weight excluding hydrogens is 470 g/mol. The maximum absolute atomic E-state index is 11.7. The molecule has 0 amide bonds. The van der Waals surface area contributed by atoms with Gasteiger partial charge >= 0.3 is 0 Å². The van der Waals surface area contributed by atoms with Crippen molar-refractivity contribution in [3.8, 4) is 5.75 Å². The van der Waals surface area contributed by atoms with Crippen LogP contribution in [-0.2, 0) is 13.1 Å². The number of phenols is 1. The van der Waals surface area contributed by atoms with Gasteiger partial charge in [0.2, 0.25) is 0 Å². The van der Waals surface area contributed by atoms with Crippen molar-refractivity contribution in [2.45, 2.75) is 31.8 Å². The van der Waals surface area contributed by atoms with E-state index < -0.39 is 4.92 Å². The summed E-state index contributed by atoms with van der Waals surface area (Å²) in [6, 6.07) is 30.0. The number of hydrogen-bond acceptors (Lipinski definition) is 5. The highest BCUT2D eigenvalue weighted by atomic mass is 32.2. The fraction of sp³-hybridized carbons (Fsp3) is 0.138. The van der Waals surface area contributed by atoms with Gasteiger partial charge in [-0.3, -0.25) is 10.1 Å². The number of hydrogen-bond donors (Lipinski definition) is 1. The third-order valence-corrected chi connectivity index (χ3v) is 6.61. The molecule has 0 saturated carbocycles. The largest absolute Gasteiger partial charge is 0.508 e. The summed E-state index contributed by atoms with van der Waals surface area (Å²) in [4.78, 5) is 19.2.